The monoisotopic (exact) mass is 581 g/mol. The van der Waals surface area contributed by atoms with E-state index in [1.807, 2.05) is 19.1 Å². The topological polar surface area (TPSA) is 103 Å². The number of ether oxygens (including phenoxy) is 2. The summed E-state index contributed by atoms with van der Waals surface area (Å²) in [7, 11) is 0. The molecule has 0 heterocycles. The van der Waals surface area contributed by atoms with Gasteiger partial charge in [-0.15, -0.1) is 0 Å². The molecule has 0 saturated heterocycles. The maximum absolute atomic E-state index is 12.3. The molecule has 0 aromatic heterocycles. The number of anilines is 2. The molecule has 0 fully saturated rings. The summed E-state index contributed by atoms with van der Waals surface area (Å²) in [5.41, 5.74) is 2.35. The van der Waals surface area contributed by atoms with E-state index in [0.29, 0.717) is 35.4 Å². The van der Waals surface area contributed by atoms with Crippen LogP contribution < -0.4 is 20.1 Å². The normalized spacial score (nSPS) is 10.4. The van der Waals surface area contributed by atoms with Crippen LogP contribution in [0.3, 0.4) is 0 Å². The molecule has 0 radical (unpaired) electrons. The highest BCUT2D eigenvalue weighted by molar-refractivity contribution is 14.1. The fourth-order valence-electron chi connectivity index (χ4n) is 2.90. The Labute approximate surface area is 209 Å². The maximum Gasteiger partial charge on any atom is 0.269 e. The zero-order valence-corrected chi connectivity index (χ0v) is 20.6. The van der Waals surface area contributed by atoms with Crippen LogP contribution >= 0.6 is 34.2 Å². The first-order chi connectivity index (χ1) is 15.9. The molecule has 33 heavy (non-hydrogen) atoms. The summed E-state index contributed by atoms with van der Waals surface area (Å²) in [5.74, 6) is 0.714. The first-order valence-electron chi connectivity index (χ1n) is 9.97. The summed E-state index contributed by atoms with van der Waals surface area (Å²) in [6.07, 6.45) is 0. The molecule has 2 N–H and O–H groups in total. The molecule has 0 unspecified atom stereocenters. The minimum atomic E-state index is -0.436. The van der Waals surface area contributed by atoms with E-state index < -0.39 is 4.92 Å². The molecule has 1 amide bonds. The van der Waals surface area contributed by atoms with E-state index in [-0.39, 0.29) is 18.2 Å². The van der Waals surface area contributed by atoms with Gasteiger partial charge in [0.1, 0.15) is 0 Å². The minimum absolute atomic E-state index is 0.0373. The van der Waals surface area contributed by atoms with Crippen molar-refractivity contribution in [3.8, 4) is 11.5 Å². The van der Waals surface area contributed by atoms with Crippen LogP contribution in [0.15, 0.2) is 60.7 Å². The second kappa shape index (κ2) is 11.7. The van der Waals surface area contributed by atoms with Gasteiger partial charge in [-0.25, -0.2) is 0 Å². The standard InChI is InChI=1S/C23H21ClIN3O5/c1-2-32-21-12-15(13-26-17-7-9-19(10-8-17)28(30)31)11-20(25)23(21)33-14-22(29)27-18-5-3-16(24)4-6-18/h3-12,26H,2,13-14H2,1H3,(H,27,29). The highest BCUT2D eigenvalue weighted by Crippen LogP contribution is 2.34. The van der Waals surface area contributed by atoms with Gasteiger partial charge in [0.05, 0.1) is 15.1 Å². The Morgan fingerprint density at radius 3 is 2.36 bits per heavy atom. The number of hydrogen-bond donors (Lipinski definition) is 2. The number of nitrogens with one attached hydrogen (secondary N) is 2. The number of amides is 1. The maximum atomic E-state index is 12.3. The number of hydrogen-bond acceptors (Lipinski definition) is 6. The number of rotatable bonds is 10. The summed E-state index contributed by atoms with van der Waals surface area (Å²) in [6.45, 7) is 2.60. The van der Waals surface area contributed by atoms with Crippen molar-refractivity contribution in [1.29, 1.82) is 0 Å². The number of nitro groups is 1. The lowest BCUT2D eigenvalue weighted by Gasteiger charge is -2.16. The molecule has 0 aliphatic carbocycles. The molecule has 0 aliphatic heterocycles. The Bertz CT molecular complexity index is 1120. The minimum Gasteiger partial charge on any atom is -0.490 e. The van der Waals surface area contributed by atoms with E-state index in [9.17, 15) is 14.9 Å². The van der Waals surface area contributed by atoms with Crippen LogP contribution in [0.25, 0.3) is 0 Å². The smallest absolute Gasteiger partial charge is 0.269 e. The van der Waals surface area contributed by atoms with Gasteiger partial charge in [0.15, 0.2) is 18.1 Å². The Balaban J connectivity index is 1.65. The molecule has 3 aromatic rings. The zero-order chi connectivity index (χ0) is 23.8. The number of carbonyl (C=O) groups excluding carboxylic acids is 1. The SMILES string of the molecule is CCOc1cc(CNc2ccc([N+](=O)[O-])cc2)cc(I)c1OCC(=O)Nc1ccc(Cl)cc1. The van der Waals surface area contributed by atoms with Crippen molar-refractivity contribution in [2.75, 3.05) is 23.8 Å². The van der Waals surface area contributed by atoms with Crippen molar-refractivity contribution in [1.82, 2.24) is 0 Å². The van der Waals surface area contributed by atoms with Crippen molar-refractivity contribution in [3.63, 3.8) is 0 Å². The molecule has 0 atom stereocenters. The van der Waals surface area contributed by atoms with Crippen molar-refractivity contribution in [2.45, 2.75) is 13.5 Å². The van der Waals surface area contributed by atoms with Gasteiger partial charge < -0.3 is 20.1 Å². The Morgan fingerprint density at radius 1 is 1.06 bits per heavy atom. The quantitative estimate of drug-likeness (QED) is 0.176. The van der Waals surface area contributed by atoms with E-state index in [1.54, 1.807) is 36.4 Å². The number of nitrogens with zero attached hydrogens (tertiary/aromatic N) is 1. The van der Waals surface area contributed by atoms with E-state index in [0.717, 1.165) is 14.8 Å². The highest BCUT2D eigenvalue weighted by atomic mass is 127. The predicted octanol–water partition coefficient (Wildman–Crippen LogP) is 5.88. The number of nitro benzene ring substituents is 1. The molecule has 8 nitrogen and oxygen atoms in total. The fraction of sp³-hybridized carbons (Fsp3) is 0.174. The molecule has 10 heteroatoms. The molecule has 3 rings (SSSR count). The first kappa shape index (κ1) is 24.6. The van der Waals surface area contributed by atoms with Gasteiger partial charge in [-0.1, -0.05) is 11.6 Å². The summed E-state index contributed by atoms with van der Waals surface area (Å²) in [4.78, 5) is 22.6. The van der Waals surface area contributed by atoms with Gasteiger partial charge in [0, 0.05) is 35.1 Å². The van der Waals surface area contributed by atoms with Crippen molar-refractivity contribution >= 4 is 57.2 Å². The lowest BCUT2D eigenvalue weighted by molar-refractivity contribution is -0.384. The zero-order valence-electron chi connectivity index (χ0n) is 17.6. The number of benzene rings is 3. The van der Waals surface area contributed by atoms with E-state index >= 15 is 0 Å². The first-order valence-corrected chi connectivity index (χ1v) is 11.4. The van der Waals surface area contributed by atoms with Gasteiger partial charge in [0.25, 0.3) is 11.6 Å². The summed E-state index contributed by atoms with van der Waals surface area (Å²) in [6, 6.07) is 16.8. The van der Waals surface area contributed by atoms with E-state index in [4.69, 9.17) is 21.1 Å². The molecular weight excluding hydrogens is 561 g/mol. The van der Waals surface area contributed by atoms with Gasteiger partial charge in [-0.05, 0) is 83.6 Å². The third-order valence-corrected chi connectivity index (χ3v) is 5.47. The Hall–Kier alpha value is -3.05. The Morgan fingerprint density at radius 2 is 1.73 bits per heavy atom. The molecule has 0 spiro atoms. The van der Waals surface area contributed by atoms with Crippen molar-refractivity contribution in [3.05, 3.63) is 84.9 Å². The average molecular weight is 582 g/mol. The van der Waals surface area contributed by atoms with Crippen LogP contribution in [0, 0.1) is 13.7 Å². The fourth-order valence-corrected chi connectivity index (χ4v) is 3.85. The highest BCUT2D eigenvalue weighted by Gasteiger charge is 2.14. The van der Waals surface area contributed by atoms with E-state index in [2.05, 4.69) is 33.2 Å². The molecule has 172 valence electrons. The lowest BCUT2D eigenvalue weighted by atomic mass is 10.2. The van der Waals surface area contributed by atoms with Gasteiger partial charge in [-0.2, -0.15) is 0 Å². The second-order valence-corrected chi connectivity index (χ2v) is 8.44. The second-order valence-electron chi connectivity index (χ2n) is 6.84. The molecule has 0 saturated carbocycles. The van der Waals surface area contributed by atoms with Gasteiger partial charge >= 0.3 is 0 Å². The molecular formula is C23H21ClIN3O5. The van der Waals surface area contributed by atoms with Crippen LogP contribution in [0.1, 0.15) is 12.5 Å². The Kier molecular flexibility index (Phi) is 8.72. The van der Waals surface area contributed by atoms with Crippen molar-refractivity contribution < 1.29 is 19.2 Å². The molecule has 0 bridgehead atoms. The van der Waals surface area contributed by atoms with Crippen LogP contribution in [-0.4, -0.2) is 24.0 Å². The van der Waals surface area contributed by atoms with Gasteiger partial charge in [0.2, 0.25) is 0 Å². The van der Waals surface area contributed by atoms with Crippen LogP contribution in [0.2, 0.25) is 5.02 Å². The summed E-state index contributed by atoms with van der Waals surface area (Å²) in [5, 5.41) is 17.4. The third-order valence-electron chi connectivity index (χ3n) is 4.42. The lowest BCUT2D eigenvalue weighted by Crippen LogP contribution is -2.20. The molecule has 3 aromatic carbocycles. The molecule has 0 aliphatic rings. The number of non-ortho nitro benzene ring substituents is 1. The third kappa shape index (κ3) is 7.22. The van der Waals surface area contributed by atoms with Crippen LogP contribution in [0.4, 0.5) is 17.1 Å². The van der Waals surface area contributed by atoms with Crippen LogP contribution in [-0.2, 0) is 11.3 Å². The largest absolute Gasteiger partial charge is 0.490 e. The average Bonchev–Trinajstić information content (AvgIpc) is 2.79. The van der Waals surface area contributed by atoms with Crippen molar-refractivity contribution in [2.24, 2.45) is 0 Å². The van der Waals surface area contributed by atoms with E-state index in [1.165, 1.54) is 12.1 Å². The summed E-state index contributed by atoms with van der Waals surface area (Å²) >= 11 is 8.00. The summed E-state index contributed by atoms with van der Waals surface area (Å²) < 4.78 is 12.3. The van der Waals surface area contributed by atoms with Gasteiger partial charge in [-0.3, -0.25) is 14.9 Å². The van der Waals surface area contributed by atoms with Crippen LogP contribution in [0.5, 0.6) is 11.5 Å². The number of carbonyl (C=O) groups is 1. The number of halogens is 2. The predicted molar refractivity (Wildman–Crippen MR) is 136 cm³/mol.